The third-order valence-corrected chi connectivity index (χ3v) is 3.65. The predicted octanol–water partition coefficient (Wildman–Crippen LogP) is 2.20. The Bertz CT molecular complexity index is 377. The van der Waals surface area contributed by atoms with Gasteiger partial charge in [-0.2, -0.15) is 0 Å². The van der Waals surface area contributed by atoms with Gasteiger partial charge >= 0.3 is 5.97 Å². The standard InChI is InChI=1S/C14H19NO2/c1-2-15-9-8-12(10-15)13(14(16)17)11-6-4-3-5-7-11/h3-7,12-13H,2,8-10H2,1H3,(H,16,17). The van der Waals surface area contributed by atoms with Crippen LogP contribution in [0.15, 0.2) is 30.3 Å². The largest absolute Gasteiger partial charge is 0.481 e. The van der Waals surface area contributed by atoms with Crippen LogP contribution >= 0.6 is 0 Å². The molecule has 3 nitrogen and oxygen atoms in total. The van der Waals surface area contributed by atoms with Crippen molar-refractivity contribution in [2.45, 2.75) is 19.3 Å². The summed E-state index contributed by atoms with van der Waals surface area (Å²) in [6.07, 6.45) is 0.986. The third kappa shape index (κ3) is 2.67. The SMILES string of the molecule is CCN1CCC(C(C(=O)O)c2ccccc2)C1. The molecule has 0 bridgehead atoms. The van der Waals surface area contributed by atoms with Gasteiger partial charge in [0.2, 0.25) is 0 Å². The Morgan fingerprint density at radius 1 is 1.47 bits per heavy atom. The molecule has 1 heterocycles. The maximum absolute atomic E-state index is 11.5. The van der Waals surface area contributed by atoms with E-state index in [1.54, 1.807) is 0 Å². The molecule has 1 aliphatic heterocycles. The van der Waals surface area contributed by atoms with Crippen molar-refractivity contribution in [3.05, 3.63) is 35.9 Å². The van der Waals surface area contributed by atoms with E-state index in [-0.39, 0.29) is 11.8 Å². The highest BCUT2D eigenvalue weighted by Gasteiger charge is 2.34. The van der Waals surface area contributed by atoms with Gasteiger partial charge < -0.3 is 10.0 Å². The molecular weight excluding hydrogens is 214 g/mol. The first kappa shape index (κ1) is 12.1. The van der Waals surface area contributed by atoms with Crippen LogP contribution in [0.5, 0.6) is 0 Å². The Hall–Kier alpha value is -1.35. The lowest BCUT2D eigenvalue weighted by molar-refractivity contribution is -0.140. The average molecular weight is 233 g/mol. The molecule has 2 atom stereocenters. The number of carboxylic acids is 1. The molecular formula is C14H19NO2. The number of nitrogens with zero attached hydrogens (tertiary/aromatic N) is 1. The fourth-order valence-corrected chi connectivity index (χ4v) is 2.70. The highest BCUT2D eigenvalue weighted by molar-refractivity contribution is 5.76. The number of hydrogen-bond donors (Lipinski definition) is 1. The molecule has 1 fully saturated rings. The van der Waals surface area contributed by atoms with Crippen molar-refractivity contribution in [1.29, 1.82) is 0 Å². The fraction of sp³-hybridized carbons (Fsp3) is 0.500. The van der Waals surface area contributed by atoms with E-state index in [1.807, 2.05) is 30.3 Å². The monoisotopic (exact) mass is 233 g/mol. The number of aliphatic carboxylic acids is 1. The molecule has 0 saturated carbocycles. The van der Waals surface area contributed by atoms with Gasteiger partial charge in [-0.15, -0.1) is 0 Å². The molecule has 0 aliphatic carbocycles. The van der Waals surface area contributed by atoms with Crippen molar-refractivity contribution in [1.82, 2.24) is 4.90 Å². The Balaban J connectivity index is 2.17. The second-order valence-electron chi connectivity index (χ2n) is 4.67. The smallest absolute Gasteiger partial charge is 0.311 e. The predicted molar refractivity (Wildman–Crippen MR) is 67.0 cm³/mol. The van der Waals surface area contributed by atoms with Crippen molar-refractivity contribution in [3.63, 3.8) is 0 Å². The van der Waals surface area contributed by atoms with Crippen LogP contribution in [0.1, 0.15) is 24.8 Å². The van der Waals surface area contributed by atoms with E-state index in [1.165, 1.54) is 0 Å². The first-order valence-electron chi connectivity index (χ1n) is 6.22. The molecule has 2 unspecified atom stereocenters. The first-order chi connectivity index (χ1) is 8.22. The van der Waals surface area contributed by atoms with E-state index in [9.17, 15) is 9.90 Å². The van der Waals surface area contributed by atoms with Gasteiger partial charge in [0.05, 0.1) is 5.92 Å². The van der Waals surface area contributed by atoms with Gasteiger partial charge in [-0.05, 0) is 31.0 Å². The minimum atomic E-state index is -0.695. The molecule has 92 valence electrons. The zero-order valence-corrected chi connectivity index (χ0v) is 10.2. The maximum Gasteiger partial charge on any atom is 0.311 e. The van der Waals surface area contributed by atoms with Crippen LogP contribution in [0, 0.1) is 5.92 Å². The van der Waals surface area contributed by atoms with Crippen molar-refractivity contribution in [2.24, 2.45) is 5.92 Å². The molecule has 0 amide bonds. The van der Waals surface area contributed by atoms with Crippen molar-refractivity contribution < 1.29 is 9.90 Å². The van der Waals surface area contributed by atoms with Crippen LogP contribution in [-0.2, 0) is 4.79 Å². The van der Waals surface area contributed by atoms with Crippen LogP contribution in [0.3, 0.4) is 0 Å². The summed E-state index contributed by atoms with van der Waals surface area (Å²) in [6, 6.07) is 9.60. The number of hydrogen-bond acceptors (Lipinski definition) is 2. The van der Waals surface area contributed by atoms with Crippen molar-refractivity contribution >= 4 is 5.97 Å². The first-order valence-corrected chi connectivity index (χ1v) is 6.22. The van der Waals surface area contributed by atoms with Gasteiger partial charge in [0.25, 0.3) is 0 Å². The van der Waals surface area contributed by atoms with Crippen molar-refractivity contribution in [2.75, 3.05) is 19.6 Å². The zero-order chi connectivity index (χ0) is 12.3. The maximum atomic E-state index is 11.5. The van der Waals surface area contributed by atoms with Gasteiger partial charge in [0, 0.05) is 6.54 Å². The molecule has 1 N–H and O–H groups in total. The van der Waals surface area contributed by atoms with Crippen LogP contribution in [0.25, 0.3) is 0 Å². The number of carbonyl (C=O) groups is 1. The minimum Gasteiger partial charge on any atom is -0.481 e. The molecule has 1 aromatic rings. The summed E-state index contributed by atoms with van der Waals surface area (Å²) in [4.78, 5) is 13.8. The zero-order valence-electron chi connectivity index (χ0n) is 10.2. The fourth-order valence-electron chi connectivity index (χ4n) is 2.70. The lowest BCUT2D eigenvalue weighted by Crippen LogP contribution is -2.26. The summed E-state index contributed by atoms with van der Waals surface area (Å²) in [7, 11) is 0. The third-order valence-electron chi connectivity index (χ3n) is 3.65. The number of likely N-dealkylation sites (tertiary alicyclic amines) is 1. The Kier molecular flexibility index (Phi) is 3.79. The van der Waals surface area contributed by atoms with Gasteiger partial charge in [-0.3, -0.25) is 4.79 Å². The summed E-state index contributed by atoms with van der Waals surface area (Å²) >= 11 is 0. The average Bonchev–Trinajstić information content (AvgIpc) is 2.79. The van der Waals surface area contributed by atoms with E-state index in [0.717, 1.165) is 31.6 Å². The van der Waals surface area contributed by atoms with Crippen LogP contribution in [0.2, 0.25) is 0 Å². The normalized spacial score (nSPS) is 22.5. The van der Waals surface area contributed by atoms with Gasteiger partial charge in [-0.25, -0.2) is 0 Å². The summed E-state index contributed by atoms with van der Waals surface area (Å²) in [5.74, 6) is -0.804. The van der Waals surface area contributed by atoms with E-state index < -0.39 is 5.97 Å². The summed E-state index contributed by atoms with van der Waals surface area (Å²) in [5, 5.41) is 9.43. The molecule has 1 aromatic carbocycles. The molecule has 3 heteroatoms. The Morgan fingerprint density at radius 2 is 2.18 bits per heavy atom. The molecule has 0 radical (unpaired) electrons. The number of carboxylic acid groups (broad SMARTS) is 1. The molecule has 1 aliphatic rings. The molecule has 0 spiro atoms. The van der Waals surface area contributed by atoms with Crippen molar-refractivity contribution in [3.8, 4) is 0 Å². The topological polar surface area (TPSA) is 40.5 Å². The highest BCUT2D eigenvalue weighted by Crippen LogP contribution is 2.32. The van der Waals surface area contributed by atoms with Crippen LogP contribution in [-0.4, -0.2) is 35.6 Å². The number of benzene rings is 1. The highest BCUT2D eigenvalue weighted by atomic mass is 16.4. The van der Waals surface area contributed by atoms with E-state index in [2.05, 4.69) is 11.8 Å². The molecule has 0 aromatic heterocycles. The summed E-state index contributed by atoms with van der Waals surface area (Å²) < 4.78 is 0. The van der Waals surface area contributed by atoms with Crippen LogP contribution < -0.4 is 0 Å². The van der Waals surface area contributed by atoms with Gasteiger partial charge in [0.15, 0.2) is 0 Å². The van der Waals surface area contributed by atoms with E-state index in [0.29, 0.717) is 0 Å². The molecule has 2 rings (SSSR count). The minimum absolute atomic E-state index is 0.245. The summed E-state index contributed by atoms with van der Waals surface area (Å²) in [6.45, 7) is 5.07. The van der Waals surface area contributed by atoms with Crippen LogP contribution in [0.4, 0.5) is 0 Å². The van der Waals surface area contributed by atoms with E-state index in [4.69, 9.17) is 0 Å². The van der Waals surface area contributed by atoms with Gasteiger partial charge in [0.1, 0.15) is 0 Å². The summed E-state index contributed by atoms with van der Waals surface area (Å²) in [5.41, 5.74) is 0.933. The lowest BCUT2D eigenvalue weighted by atomic mass is 9.85. The quantitative estimate of drug-likeness (QED) is 0.866. The second-order valence-corrected chi connectivity index (χ2v) is 4.67. The number of rotatable bonds is 4. The second kappa shape index (κ2) is 5.32. The van der Waals surface area contributed by atoms with E-state index >= 15 is 0 Å². The Labute approximate surface area is 102 Å². The molecule has 1 saturated heterocycles. The Morgan fingerprint density at radius 3 is 2.71 bits per heavy atom. The molecule has 17 heavy (non-hydrogen) atoms. The lowest BCUT2D eigenvalue weighted by Gasteiger charge is -2.20. The van der Waals surface area contributed by atoms with Gasteiger partial charge in [-0.1, -0.05) is 37.3 Å².